The number of hydrogen-bond donors (Lipinski definition) is 2. The number of thioether (sulfide) groups is 1. The molecule has 1 rings (SSSR count). The Balaban J connectivity index is 2.65. The minimum absolute atomic E-state index is 0.0452. The monoisotopic (exact) mass is 352 g/mol. The van der Waals surface area contributed by atoms with Crippen LogP contribution in [0.25, 0.3) is 0 Å². The summed E-state index contributed by atoms with van der Waals surface area (Å²) in [5.74, 6) is 0.162. The molecule has 0 aliphatic heterocycles. The van der Waals surface area contributed by atoms with Gasteiger partial charge in [0.15, 0.2) is 0 Å². The van der Waals surface area contributed by atoms with E-state index < -0.39 is 5.97 Å². The number of carbonyl (C=O) groups excluding carboxylic acids is 1. The van der Waals surface area contributed by atoms with Crippen molar-refractivity contribution in [2.45, 2.75) is 44.7 Å². The quantitative estimate of drug-likeness (QED) is 0.678. The number of hydrogen-bond acceptors (Lipinski definition) is 3. The molecule has 0 aliphatic rings. The van der Waals surface area contributed by atoms with Crippen LogP contribution in [0.4, 0.5) is 4.79 Å². The highest BCUT2D eigenvalue weighted by molar-refractivity contribution is 7.98. The van der Waals surface area contributed by atoms with Crippen LogP contribution in [0.1, 0.15) is 31.7 Å². The molecule has 5 nitrogen and oxygen atoms in total. The Morgan fingerprint density at radius 3 is 2.50 bits per heavy atom. The second-order valence-electron chi connectivity index (χ2n) is 6.01. The third-order valence-electron chi connectivity index (χ3n) is 4.08. The zero-order valence-electron chi connectivity index (χ0n) is 14.7. The van der Waals surface area contributed by atoms with Gasteiger partial charge in [-0.15, -0.1) is 0 Å². The van der Waals surface area contributed by atoms with Gasteiger partial charge in [0.1, 0.15) is 0 Å². The van der Waals surface area contributed by atoms with Gasteiger partial charge in [-0.1, -0.05) is 30.3 Å². The van der Waals surface area contributed by atoms with E-state index >= 15 is 0 Å². The SMILES string of the molecule is CSCCC(C)N(C)C(=O)NC(CCC(=O)O)Cc1ccccc1. The summed E-state index contributed by atoms with van der Waals surface area (Å²) >= 11 is 1.76. The zero-order valence-corrected chi connectivity index (χ0v) is 15.5. The highest BCUT2D eigenvalue weighted by Gasteiger charge is 2.20. The predicted octanol–water partition coefficient (Wildman–Crippen LogP) is 3.25. The molecule has 0 fully saturated rings. The lowest BCUT2D eigenvalue weighted by Gasteiger charge is -2.28. The van der Waals surface area contributed by atoms with Crippen LogP contribution >= 0.6 is 11.8 Å². The normalized spacial score (nSPS) is 13.1. The first-order chi connectivity index (χ1) is 11.4. The van der Waals surface area contributed by atoms with Crippen molar-refractivity contribution in [3.8, 4) is 0 Å². The summed E-state index contributed by atoms with van der Waals surface area (Å²) < 4.78 is 0. The molecule has 2 N–H and O–H groups in total. The van der Waals surface area contributed by atoms with Gasteiger partial charge in [-0.2, -0.15) is 11.8 Å². The Bertz CT molecular complexity index is 510. The van der Waals surface area contributed by atoms with E-state index in [0.717, 1.165) is 17.7 Å². The first kappa shape index (κ1) is 20.4. The van der Waals surface area contributed by atoms with Crippen LogP contribution in [0.15, 0.2) is 30.3 Å². The van der Waals surface area contributed by atoms with Gasteiger partial charge in [-0.3, -0.25) is 4.79 Å². The van der Waals surface area contributed by atoms with Crippen LogP contribution < -0.4 is 5.32 Å². The van der Waals surface area contributed by atoms with Crippen molar-refractivity contribution < 1.29 is 14.7 Å². The second kappa shape index (κ2) is 11.0. The van der Waals surface area contributed by atoms with E-state index in [1.807, 2.05) is 37.3 Å². The van der Waals surface area contributed by atoms with Crippen molar-refractivity contribution in [1.82, 2.24) is 10.2 Å². The van der Waals surface area contributed by atoms with Crippen LogP contribution in [0.2, 0.25) is 0 Å². The molecule has 0 aliphatic carbocycles. The number of nitrogens with one attached hydrogen (secondary N) is 1. The van der Waals surface area contributed by atoms with Crippen molar-refractivity contribution in [2.75, 3.05) is 19.1 Å². The lowest BCUT2D eigenvalue weighted by molar-refractivity contribution is -0.137. The summed E-state index contributed by atoms with van der Waals surface area (Å²) in [6.07, 6.45) is 4.08. The van der Waals surface area contributed by atoms with Gasteiger partial charge in [0.25, 0.3) is 0 Å². The molecule has 0 spiro atoms. The van der Waals surface area contributed by atoms with Crippen molar-refractivity contribution in [1.29, 1.82) is 0 Å². The lowest BCUT2D eigenvalue weighted by atomic mass is 10.0. The minimum Gasteiger partial charge on any atom is -0.481 e. The molecule has 0 saturated carbocycles. The maximum absolute atomic E-state index is 12.5. The number of nitrogens with zero attached hydrogens (tertiary/aromatic N) is 1. The second-order valence-corrected chi connectivity index (χ2v) is 7.00. The van der Waals surface area contributed by atoms with Crippen LogP contribution in [0.5, 0.6) is 0 Å². The van der Waals surface area contributed by atoms with E-state index in [0.29, 0.717) is 12.8 Å². The first-order valence-electron chi connectivity index (χ1n) is 8.22. The molecule has 134 valence electrons. The third kappa shape index (κ3) is 7.73. The van der Waals surface area contributed by atoms with Gasteiger partial charge in [-0.05, 0) is 43.8 Å². The summed E-state index contributed by atoms with van der Waals surface area (Å²) in [4.78, 5) is 25.0. The molecule has 1 aromatic rings. The van der Waals surface area contributed by atoms with Crippen LogP contribution in [0.3, 0.4) is 0 Å². The zero-order chi connectivity index (χ0) is 17.9. The summed E-state index contributed by atoms with van der Waals surface area (Å²) in [7, 11) is 1.79. The fraction of sp³-hybridized carbons (Fsp3) is 0.556. The van der Waals surface area contributed by atoms with Gasteiger partial charge in [0.2, 0.25) is 0 Å². The molecule has 0 radical (unpaired) electrons. The topological polar surface area (TPSA) is 69.6 Å². The molecule has 2 atom stereocenters. The molecule has 0 bridgehead atoms. The number of aliphatic carboxylic acids is 1. The lowest BCUT2D eigenvalue weighted by Crippen LogP contribution is -2.47. The maximum Gasteiger partial charge on any atom is 0.317 e. The fourth-order valence-electron chi connectivity index (χ4n) is 2.38. The Labute approximate surface area is 148 Å². The first-order valence-corrected chi connectivity index (χ1v) is 9.61. The Morgan fingerprint density at radius 2 is 1.92 bits per heavy atom. The van der Waals surface area contributed by atoms with E-state index in [1.165, 1.54) is 0 Å². The summed E-state index contributed by atoms with van der Waals surface area (Å²) in [6.45, 7) is 2.03. The van der Waals surface area contributed by atoms with Crippen LogP contribution in [-0.4, -0.2) is 53.1 Å². The smallest absolute Gasteiger partial charge is 0.317 e. The highest BCUT2D eigenvalue weighted by atomic mass is 32.2. The number of amides is 2. The number of rotatable bonds is 10. The van der Waals surface area contributed by atoms with Crippen molar-refractivity contribution >= 4 is 23.8 Å². The standard InChI is InChI=1S/C18H28N2O3S/c1-14(11-12-24-3)20(2)18(23)19-16(9-10-17(21)22)13-15-7-5-4-6-8-15/h4-8,14,16H,9-13H2,1-3H3,(H,19,23)(H,21,22). The van der Waals surface area contributed by atoms with Crippen molar-refractivity contribution in [2.24, 2.45) is 0 Å². The summed E-state index contributed by atoms with van der Waals surface area (Å²) in [5.41, 5.74) is 1.09. The van der Waals surface area contributed by atoms with Gasteiger partial charge in [0.05, 0.1) is 0 Å². The molecule has 2 unspecified atom stereocenters. The van der Waals surface area contributed by atoms with Gasteiger partial charge in [-0.25, -0.2) is 4.79 Å². The van der Waals surface area contributed by atoms with Gasteiger partial charge >= 0.3 is 12.0 Å². The van der Waals surface area contributed by atoms with Crippen LogP contribution in [-0.2, 0) is 11.2 Å². The van der Waals surface area contributed by atoms with E-state index in [-0.39, 0.29) is 24.5 Å². The van der Waals surface area contributed by atoms with E-state index in [9.17, 15) is 9.59 Å². The Morgan fingerprint density at radius 1 is 1.25 bits per heavy atom. The summed E-state index contributed by atoms with van der Waals surface area (Å²) in [5, 5.41) is 11.9. The molecule has 2 amide bonds. The predicted molar refractivity (Wildman–Crippen MR) is 99.6 cm³/mol. The Kier molecular flexibility index (Phi) is 9.30. The number of benzene rings is 1. The number of carbonyl (C=O) groups is 2. The van der Waals surface area contributed by atoms with E-state index in [4.69, 9.17) is 5.11 Å². The summed E-state index contributed by atoms with van der Waals surface area (Å²) in [6, 6.07) is 9.63. The molecule has 1 aromatic carbocycles. The molecular formula is C18H28N2O3S. The average molecular weight is 353 g/mol. The van der Waals surface area contributed by atoms with Gasteiger partial charge < -0.3 is 15.3 Å². The molecular weight excluding hydrogens is 324 g/mol. The molecule has 6 heteroatoms. The van der Waals surface area contributed by atoms with Crippen LogP contribution in [0, 0.1) is 0 Å². The highest BCUT2D eigenvalue weighted by Crippen LogP contribution is 2.10. The number of urea groups is 1. The van der Waals surface area contributed by atoms with E-state index in [2.05, 4.69) is 11.6 Å². The fourth-order valence-corrected chi connectivity index (χ4v) is 2.96. The van der Waals surface area contributed by atoms with Crippen molar-refractivity contribution in [3.63, 3.8) is 0 Å². The third-order valence-corrected chi connectivity index (χ3v) is 4.72. The molecule has 0 heterocycles. The largest absolute Gasteiger partial charge is 0.481 e. The van der Waals surface area contributed by atoms with Crippen molar-refractivity contribution in [3.05, 3.63) is 35.9 Å². The molecule has 24 heavy (non-hydrogen) atoms. The number of carboxylic acids is 1. The Hall–Kier alpha value is -1.69. The van der Waals surface area contributed by atoms with Gasteiger partial charge in [0, 0.05) is 25.6 Å². The molecule has 0 saturated heterocycles. The minimum atomic E-state index is -0.844. The average Bonchev–Trinajstić information content (AvgIpc) is 2.57. The number of carboxylic acid groups (broad SMARTS) is 1. The van der Waals surface area contributed by atoms with E-state index in [1.54, 1.807) is 23.7 Å². The molecule has 0 aromatic heterocycles. The maximum atomic E-state index is 12.5.